The van der Waals surface area contributed by atoms with Gasteiger partial charge in [-0.25, -0.2) is 0 Å². The second-order valence-corrected chi connectivity index (χ2v) is 8.14. The van der Waals surface area contributed by atoms with E-state index in [1.807, 2.05) is 11.9 Å². The van der Waals surface area contributed by atoms with E-state index in [9.17, 15) is 14.9 Å². The molecular weight excluding hydrogens is 416 g/mol. The van der Waals surface area contributed by atoms with Crippen LogP contribution < -0.4 is 5.56 Å². The zero-order chi connectivity index (χ0) is 21.8. The van der Waals surface area contributed by atoms with Gasteiger partial charge >= 0.3 is 0 Å². The van der Waals surface area contributed by atoms with E-state index in [2.05, 4.69) is 36.6 Å². The van der Waals surface area contributed by atoms with Crippen LogP contribution in [0.2, 0.25) is 0 Å². The molecule has 158 valence electrons. The number of carbonyl (C=O) groups excluding carboxylic acids is 1. The molecule has 0 spiro atoms. The van der Waals surface area contributed by atoms with E-state index in [0.717, 1.165) is 13.1 Å². The molecule has 2 aromatic heterocycles. The van der Waals surface area contributed by atoms with Crippen LogP contribution in [-0.2, 0) is 5.75 Å². The molecule has 0 unspecified atom stereocenters. The number of amides is 1. The Morgan fingerprint density at radius 2 is 2.06 bits per heavy atom. The van der Waals surface area contributed by atoms with E-state index in [-0.39, 0.29) is 11.5 Å². The first-order valence-corrected chi connectivity index (χ1v) is 10.6. The van der Waals surface area contributed by atoms with Crippen molar-refractivity contribution < 1.29 is 4.79 Å². The standard InChI is InChI=1S/C20H20N8O2S/c1-27-5-7-28(8-6-27)20(30)14-4-2-3-13(9-14)15-10-18(29)22-19(16(15)11-21)31-12-17-23-25-26-24-17/h2-4,9-10H,5-8,12H2,1H3,(H,22,29)(H,23,24,25,26). The Morgan fingerprint density at radius 3 is 2.77 bits per heavy atom. The summed E-state index contributed by atoms with van der Waals surface area (Å²) < 4.78 is 0. The minimum atomic E-state index is -0.333. The van der Waals surface area contributed by atoms with Crippen LogP contribution in [0.25, 0.3) is 11.1 Å². The fourth-order valence-corrected chi connectivity index (χ4v) is 4.24. The smallest absolute Gasteiger partial charge is 0.253 e. The molecule has 0 saturated carbocycles. The molecule has 1 aromatic carbocycles. The molecule has 0 aliphatic carbocycles. The summed E-state index contributed by atoms with van der Waals surface area (Å²) in [6, 6.07) is 10.6. The molecule has 1 aliphatic heterocycles. The van der Waals surface area contributed by atoms with Gasteiger partial charge in [-0.3, -0.25) is 9.59 Å². The SMILES string of the molecule is CN1CCN(C(=O)c2cccc(-c3cc(=O)[nH]c(SCc4nn[nH]n4)c3C#N)c2)CC1. The van der Waals surface area contributed by atoms with E-state index in [4.69, 9.17) is 0 Å². The fourth-order valence-electron chi connectivity index (χ4n) is 3.38. The number of hydrogen-bond acceptors (Lipinski definition) is 8. The van der Waals surface area contributed by atoms with Crippen LogP contribution in [-0.4, -0.2) is 74.5 Å². The van der Waals surface area contributed by atoms with Crippen LogP contribution in [0.3, 0.4) is 0 Å². The van der Waals surface area contributed by atoms with Gasteiger partial charge in [0.1, 0.15) is 6.07 Å². The van der Waals surface area contributed by atoms with Gasteiger partial charge in [0, 0.05) is 43.4 Å². The molecule has 11 heteroatoms. The highest BCUT2D eigenvalue weighted by molar-refractivity contribution is 7.98. The average Bonchev–Trinajstić information content (AvgIpc) is 3.31. The van der Waals surface area contributed by atoms with Crippen molar-refractivity contribution in [3.05, 3.63) is 57.6 Å². The number of tetrazole rings is 1. The van der Waals surface area contributed by atoms with E-state index >= 15 is 0 Å². The van der Waals surface area contributed by atoms with Crippen LogP contribution in [0, 0.1) is 11.3 Å². The summed E-state index contributed by atoms with van der Waals surface area (Å²) in [7, 11) is 2.03. The first kappa shape index (κ1) is 20.8. The van der Waals surface area contributed by atoms with Gasteiger partial charge in [-0.2, -0.15) is 10.5 Å². The number of carbonyl (C=O) groups is 1. The number of likely N-dealkylation sites (N-methyl/N-ethyl adjacent to an activating group) is 1. The van der Waals surface area contributed by atoms with Gasteiger partial charge in [-0.05, 0) is 24.7 Å². The second kappa shape index (κ2) is 9.11. The summed E-state index contributed by atoms with van der Waals surface area (Å²) in [6.45, 7) is 3.01. The fraction of sp³-hybridized carbons (Fsp3) is 0.300. The highest BCUT2D eigenvalue weighted by Crippen LogP contribution is 2.30. The summed E-state index contributed by atoms with van der Waals surface area (Å²) >= 11 is 1.24. The van der Waals surface area contributed by atoms with Gasteiger partial charge in [-0.15, -0.1) is 10.2 Å². The number of benzene rings is 1. The van der Waals surface area contributed by atoms with Crippen molar-refractivity contribution in [3.63, 3.8) is 0 Å². The second-order valence-electron chi connectivity index (χ2n) is 7.16. The van der Waals surface area contributed by atoms with Crippen molar-refractivity contribution in [1.29, 1.82) is 5.26 Å². The van der Waals surface area contributed by atoms with Crippen LogP contribution in [0.15, 0.2) is 40.2 Å². The number of H-pyrrole nitrogens is 2. The number of aromatic amines is 2. The van der Waals surface area contributed by atoms with Gasteiger partial charge in [0.2, 0.25) is 5.56 Å². The number of nitrogens with one attached hydrogen (secondary N) is 2. The molecule has 3 heterocycles. The van der Waals surface area contributed by atoms with Crippen molar-refractivity contribution >= 4 is 17.7 Å². The molecule has 3 aromatic rings. The zero-order valence-corrected chi connectivity index (χ0v) is 17.6. The minimum Gasteiger partial charge on any atom is -0.336 e. The molecule has 1 amide bonds. The van der Waals surface area contributed by atoms with Gasteiger partial charge in [0.25, 0.3) is 5.91 Å². The highest BCUT2D eigenvalue weighted by Gasteiger charge is 2.21. The molecule has 2 N–H and O–H groups in total. The average molecular weight is 437 g/mol. The Labute approximate surface area is 182 Å². The number of hydrogen-bond donors (Lipinski definition) is 2. The topological polar surface area (TPSA) is 135 Å². The number of rotatable bonds is 5. The lowest BCUT2D eigenvalue weighted by Crippen LogP contribution is -2.47. The third-order valence-corrected chi connectivity index (χ3v) is 6.06. The van der Waals surface area contributed by atoms with Crippen LogP contribution in [0.1, 0.15) is 21.7 Å². The predicted molar refractivity (Wildman–Crippen MR) is 114 cm³/mol. The van der Waals surface area contributed by atoms with Crippen molar-refractivity contribution in [2.75, 3.05) is 33.2 Å². The molecule has 1 saturated heterocycles. The molecule has 1 fully saturated rings. The number of piperazine rings is 1. The Morgan fingerprint density at radius 1 is 1.26 bits per heavy atom. The van der Waals surface area contributed by atoms with Gasteiger partial charge in [-0.1, -0.05) is 29.1 Å². The van der Waals surface area contributed by atoms with Crippen molar-refractivity contribution in [2.45, 2.75) is 10.8 Å². The largest absolute Gasteiger partial charge is 0.336 e. The molecule has 31 heavy (non-hydrogen) atoms. The number of nitrogens with zero attached hydrogens (tertiary/aromatic N) is 6. The van der Waals surface area contributed by atoms with Crippen molar-refractivity contribution in [2.24, 2.45) is 0 Å². The van der Waals surface area contributed by atoms with Crippen molar-refractivity contribution in [1.82, 2.24) is 35.4 Å². The lowest BCUT2D eigenvalue weighted by atomic mass is 9.99. The summed E-state index contributed by atoms with van der Waals surface area (Å²) in [4.78, 5) is 32.0. The van der Waals surface area contributed by atoms with Gasteiger partial charge in [0.05, 0.1) is 16.3 Å². The molecule has 0 atom stereocenters. The van der Waals surface area contributed by atoms with Crippen molar-refractivity contribution in [3.8, 4) is 17.2 Å². The van der Waals surface area contributed by atoms with Gasteiger partial charge in [0.15, 0.2) is 5.82 Å². The summed E-state index contributed by atoms with van der Waals surface area (Å²) in [5.74, 6) is 0.747. The number of thioether (sulfide) groups is 1. The van der Waals surface area contributed by atoms with Gasteiger partial charge < -0.3 is 14.8 Å². The first-order chi connectivity index (χ1) is 15.0. The first-order valence-electron chi connectivity index (χ1n) is 9.66. The Hall–Kier alpha value is -3.49. The molecule has 10 nitrogen and oxygen atoms in total. The molecule has 1 aliphatic rings. The van der Waals surface area contributed by atoms with Crippen LogP contribution in [0.5, 0.6) is 0 Å². The predicted octanol–water partition coefficient (Wildman–Crippen LogP) is 1.11. The van der Waals surface area contributed by atoms with E-state index in [1.54, 1.807) is 24.3 Å². The Balaban J connectivity index is 1.64. The number of pyridine rings is 1. The quantitative estimate of drug-likeness (QED) is 0.568. The summed E-state index contributed by atoms with van der Waals surface area (Å²) in [5.41, 5.74) is 1.66. The van der Waals surface area contributed by atoms with E-state index in [1.165, 1.54) is 17.8 Å². The molecule has 0 radical (unpaired) electrons. The summed E-state index contributed by atoms with van der Waals surface area (Å²) in [6.07, 6.45) is 0. The maximum absolute atomic E-state index is 13.0. The minimum absolute atomic E-state index is 0.0509. The van der Waals surface area contributed by atoms with Crippen LogP contribution in [0.4, 0.5) is 0 Å². The van der Waals surface area contributed by atoms with E-state index < -0.39 is 0 Å². The lowest BCUT2D eigenvalue weighted by molar-refractivity contribution is 0.0664. The Bertz CT molecular complexity index is 1180. The molecule has 0 bridgehead atoms. The molecule has 4 rings (SSSR count). The highest BCUT2D eigenvalue weighted by atomic mass is 32.2. The maximum Gasteiger partial charge on any atom is 0.253 e. The Kier molecular flexibility index (Phi) is 6.11. The van der Waals surface area contributed by atoms with Crippen LogP contribution >= 0.6 is 11.8 Å². The third kappa shape index (κ3) is 4.65. The third-order valence-electron chi connectivity index (χ3n) is 5.07. The molecular formula is C20H20N8O2S. The lowest BCUT2D eigenvalue weighted by Gasteiger charge is -2.32. The normalized spacial score (nSPS) is 14.4. The zero-order valence-electron chi connectivity index (χ0n) is 16.8. The summed E-state index contributed by atoms with van der Waals surface area (Å²) in [5, 5.41) is 23.9. The number of nitriles is 1. The van der Waals surface area contributed by atoms with E-state index in [0.29, 0.717) is 51.9 Å². The number of aromatic nitrogens is 5. The monoisotopic (exact) mass is 436 g/mol. The maximum atomic E-state index is 13.0.